The highest BCUT2D eigenvalue weighted by molar-refractivity contribution is 6.04. The molecule has 0 radical (unpaired) electrons. The SMILES string of the molecule is CCC(=O)Nc1cc(NC(=O)c2ccc(OCC(C)C)cc2)ccc1C. The number of aryl methyl sites for hydroxylation is 1. The quantitative estimate of drug-likeness (QED) is 0.762. The van der Waals surface area contributed by atoms with Crippen molar-refractivity contribution in [3.05, 3.63) is 53.6 Å². The van der Waals surface area contributed by atoms with Crippen molar-refractivity contribution in [2.24, 2.45) is 5.92 Å². The van der Waals surface area contributed by atoms with E-state index in [4.69, 9.17) is 4.74 Å². The van der Waals surface area contributed by atoms with Gasteiger partial charge in [0.25, 0.3) is 5.91 Å². The van der Waals surface area contributed by atoms with Crippen LogP contribution in [0.1, 0.15) is 43.1 Å². The van der Waals surface area contributed by atoms with Crippen molar-refractivity contribution < 1.29 is 14.3 Å². The third kappa shape index (κ3) is 5.62. The van der Waals surface area contributed by atoms with Crippen LogP contribution in [0, 0.1) is 12.8 Å². The Morgan fingerprint density at radius 1 is 1.04 bits per heavy atom. The van der Waals surface area contributed by atoms with Crippen molar-refractivity contribution >= 4 is 23.2 Å². The van der Waals surface area contributed by atoms with Crippen LogP contribution in [0.25, 0.3) is 0 Å². The molecule has 2 aromatic rings. The van der Waals surface area contributed by atoms with Crippen LogP contribution in [-0.2, 0) is 4.79 Å². The van der Waals surface area contributed by atoms with E-state index in [0.29, 0.717) is 35.9 Å². The van der Waals surface area contributed by atoms with E-state index in [2.05, 4.69) is 24.5 Å². The number of carbonyl (C=O) groups is 2. The van der Waals surface area contributed by atoms with Crippen molar-refractivity contribution in [1.29, 1.82) is 0 Å². The zero-order valence-electron chi connectivity index (χ0n) is 15.8. The fraction of sp³-hybridized carbons (Fsp3) is 0.333. The summed E-state index contributed by atoms with van der Waals surface area (Å²) in [6.45, 7) is 8.51. The Bertz CT molecular complexity index is 767. The molecule has 5 heteroatoms. The predicted molar refractivity (Wildman–Crippen MR) is 105 cm³/mol. The Kier molecular flexibility index (Phi) is 6.78. The lowest BCUT2D eigenvalue weighted by Gasteiger charge is -2.12. The van der Waals surface area contributed by atoms with E-state index < -0.39 is 0 Å². The van der Waals surface area contributed by atoms with Crippen LogP contribution in [0.15, 0.2) is 42.5 Å². The van der Waals surface area contributed by atoms with Crippen LogP contribution in [0.2, 0.25) is 0 Å². The average Bonchev–Trinajstić information content (AvgIpc) is 2.63. The van der Waals surface area contributed by atoms with Gasteiger partial charge in [0.15, 0.2) is 0 Å². The van der Waals surface area contributed by atoms with Crippen LogP contribution in [-0.4, -0.2) is 18.4 Å². The molecule has 2 rings (SSSR count). The third-order valence-corrected chi connectivity index (χ3v) is 3.79. The molecule has 0 unspecified atom stereocenters. The van der Waals surface area contributed by atoms with E-state index >= 15 is 0 Å². The summed E-state index contributed by atoms with van der Waals surface area (Å²) in [5.74, 6) is 0.919. The molecule has 0 aliphatic carbocycles. The van der Waals surface area contributed by atoms with Crippen LogP contribution < -0.4 is 15.4 Å². The van der Waals surface area contributed by atoms with Gasteiger partial charge in [0.2, 0.25) is 5.91 Å². The van der Waals surface area contributed by atoms with Gasteiger partial charge < -0.3 is 15.4 Å². The van der Waals surface area contributed by atoms with Gasteiger partial charge in [0.05, 0.1) is 6.61 Å². The van der Waals surface area contributed by atoms with Crippen LogP contribution in [0.4, 0.5) is 11.4 Å². The second-order valence-electron chi connectivity index (χ2n) is 6.61. The molecule has 0 fully saturated rings. The Balaban J connectivity index is 2.05. The Morgan fingerprint density at radius 2 is 1.73 bits per heavy atom. The van der Waals surface area contributed by atoms with Gasteiger partial charge in [-0.2, -0.15) is 0 Å². The molecule has 0 aliphatic heterocycles. The summed E-state index contributed by atoms with van der Waals surface area (Å²) in [4.78, 5) is 24.0. The van der Waals surface area contributed by atoms with Crippen molar-refractivity contribution in [2.45, 2.75) is 34.1 Å². The second kappa shape index (κ2) is 9.04. The molecule has 2 aromatic carbocycles. The summed E-state index contributed by atoms with van der Waals surface area (Å²) >= 11 is 0. The molecule has 0 aliphatic rings. The average molecular weight is 354 g/mol. The molecule has 0 saturated carbocycles. The summed E-state index contributed by atoms with van der Waals surface area (Å²) < 4.78 is 5.63. The molecule has 0 atom stereocenters. The number of amides is 2. The topological polar surface area (TPSA) is 67.4 Å². The van der Waals surface area contributed by atoms with E-state index in [0.717, 1.165) is 11.3 Å². The summed E-state index contributed by atoms with van der Waals surface area (Å²) in [7, 11) is 0. The molecule has 0 spiro atoms. The highest BCUT2D eigenvalue weighted by atomic mass is 16.5. The summed E-state index contributed by atoms with van der Waals surface area (Å²) in [6, 6.07) is 12.5. The number of anilines is 2. The largest absolute Gasteiger partial charge is 0.493 e. The first kappa shape index (κ1) is 19.5. The standard InChI is InChI=1S/C21H26N2O3/c1-5-20(24)23-19-12-17(9-6-15(19)4)22-21(25)16-7-10-18(11-8-16)26-13-14(2)3/h6-12,14H,5,13H2,1-4H3,(H,22,25)(H,23,24). The molecular formula is C21H26N2O3. The highest BCUT2D eigenvalue weighted by Crippen LogP contribution is 2.21. The fourth-order valence-electron chi connectivity index (χ4n) is 2.24. The first-order valence-electron chi connectivity index (χ1n) is 8.83. The minimum absolute atomic E-state index is 0.0615. The van der Waals surface area contributed by atoms with Gasteiger partial charge in [-0.1, -0.05) is 26.8 Å². The maximum absolute atomic E-state index is 12.4. The van der Waals surface area contributed by atoms with E-state index in [-0.39, 0.29) is 11.8 Å². The Morgan fingerprint density at radius 3 is 2.35 bits per heavy atom. The molecule has 5 nitrogen and oxygen atoms in total. The van der Waals surface area contributed by atoms with E-state index in [1.165, 1.54) is 0 Å². The van der Waals surface area contributed by atoms with Crippen molar-refractivity contribution in [2.75, 3.05) is 17.2 Å². The minimum atomic E-state index is -0.211. The lowest BCUT2D eigenvalue weighted by molar-refractivity contribution is -0.115. The number of rotatable bonds is 7. The van der Waals surface area contributed by atoms with Crippen LogP contribution in [0.3, 0.4) is 0 Å². The van der Waals surface area contributed by atoms with Crippen LogP contribution in [0.5, 0.6) is 5.75 Å². The van der Waals surface area contributed by atoms with E-state index in [1.807, 2.05) is 19.1 Å². The van der Waals surface area contributed by atoms with Gasteiger partial charge in [-0.3, -0.25) is 9.59 Å². The Hall–Kier alpha value is -2.82. The number of ether oxygens (including phenoxy) is 1. The van der Waals surface area contributed by atoms with Gasteiger partial charge >= 0.3 is 0 Å². The normalized spacial score (nSPS) is 10.5. The maximum atomic E-state index is 12.4. The number of nitrogens with one attached hydrogen (secondary N) is 2. The molecule has 0 heterocycles. The lowest BCUT2D eigenvalue weighted by atomic mass is 10.1. The van der Waals surface area contributed by atoms with Crippen molar-refractivity contribution in [1.82, 2.24) is 0 Å². The second-order valence-corrected chi connectivity index (χ2v) is 6.61. The fourth-order valence-corrected chi connectivity index (χ4v) is 2.24. The first-order valence-corrected chi connectivity index (χ1v) is 8.83. The number of benzene rings is 2. The zero-order valence-corrected chi connectivity index (χ0v) is 15.8. The smallest absolute Gasteiger partial charge is 0.255 e. The van der Waals surface area contributed by atoms with Gasteiger partial charge in [-0.05, 0) is 54.8 Å². The molecular weight excluding hydrogens is 328 g/mol. The predicted octanol–water partition coefficient (Wildman–Crippen LogP) is 4.63. The number of hydrogen-bond acceptors (Lipinski definition) is 3. The molecule has 0 bridgehead atoms. The lowest BCUT2D eigenvalue weighted by Crippen LogP contribution is -2.14. The van der Waals surface area contributed by atoms with Gasteiger partial charge in [-0.15, -0.1) is 0 Å². The molecule has 0 saturated heterocycles. The number of hydrogen-bond donors (Lipinski definition) is 2. The van der Waals surface area contributed by atoms with Gasteiger partial charge in [0, 0.05) is 23.4 Å². The zero-order chi connectivity index (χ0) is 19.1. The summed E-state index contributed by atoms with van der Waals surface area (Å²) in [5.41, 5.74) is 2.82. The van der Waals surface area contributed by atoms with Crippen molar-refractivity contribution in [3.8, 4) is 5.75 Å². The molecule has 26 heavy (non-hydrogen) atoms. The van der Waals surface area contributed by atoms with E-state index in [9.17, 15) is 9.59 Å². The molecule has 138 valence electrons. The van der Waals surface area contributed by atoms with Gasteiger partial charge in [0.1, 0.15) is 5.75 Å². The van der Waals surface area contributed by atoms with Crippen molar-refractivity contribution in [3.63, 3.8) is 0 Å². The molecule has 0 aromatic heterocycles. The first-order chi connectivity index (χ1) is 12.4. The summed E-state index contributed by atoms with van der Waals surface area (Å²) in [5, 5.41) is 5.69. The molecule has 2 amide bonds. The molecule has 2 N–H and O–H groups in total. The van der Waals surface area contributed by atoms with Gasteiger partial charge in [-0.25, -0.2) is 0 Å². The summed E-state index contributed by atoms with van der Waals surface area (Å²) in [6.07, 6.45) is 0.404. The maximum Gasteiger partial charge on any atom is 0.255 e. The monoisotopic (exact) mass is 354 g/mol. The third-order valence-electron chi connectivity index (χ3n) is 3.79. The van der Waals surface area contributed by atoms with E-state index in [1.54, 1.807) is 37.3 Å². The number of carbonyl (C=O) groups excluding carboxylic acids is 2. The van der Waals surface area contributed by atoms with Crippen LogP contribution >= 0.6 is 0 Å². The minimum Gasteiger partial charge on any atom is -0.493 e. The highest BCUT2D eigenvalue weighted by Gasteiger charge is 2.09. The Labute approximate surface area is 154 Å².